The second kappa shape index (κ2) is 14.2. The van der Waals surface area contributed by atoms with E-state index in [1.54, 1.807) is 0 Å². The molecule has 1 amide bonds. The normalized spacial score (nSPS) is 19.2. The number of unbranched alkanes of at least 4 members (excludes halogenated alkanes) is 2. The maximum atomic E-state index is 13.3. The second-order valence-electron chi connectivity index (χ2n) is 10.5. The molecule has 2 aliphatic rings. The Labute approximate surface area is 221 Å². The number of amides is 1. The third-order valence-electron chi connectivity index (χ3n) is 7.73. The second-order valence-corrected chi connectivity index (χ2v) is 10.5. The predicted octanol–water partition coefficient (Wildman–Crippen LogP) is 5.65. The minimum Gasteiger partial charge on any atom is -0.488 e. The number of carbonyl (C=O) groups excluding carboxylic acids is 2. The quantitative estimate of drug-likeness (QED) is 0.229. The number of fused-ring (bicyclic) bond motifs is 1. The number of rotatable bonds is 12. The number of hydrogen-bond donors (Lipinski definition) is 1. The van der Waals surface area contributed by atoms with E-state index in [2.05, 4.69) is 22.3 Å². The molecule has 0 spiro atoms. The molecule has 1 saturated heterocycles. The van der Waals surface area contributed by atoms with Gasteiger partial charge >= 0.3 is 5.97 Å². The Hall–Kier alpha value is -2.86. The van der Waals surface area contributed by atoms with Crippen LogP contribution in [-0.2, 0) is 14.3 Å². The molecule has 200 valence electrons. The van der Waals surface area contributed by atoms with Crippen LogP contribution in [0.3, 0.4) is 0 Å². The van der Waals surface area contributed by atoms with Gasteiger partial charge in [-0.1, -0.05) is 61.7 Å². The summed E-state index contributed by atoms with van der Waals surface area (Å²) in [7, 11) is 1.41. The number of methoxy groups -OCH3 is 1. The lowest BCUT2D eigenvalue weighted by Gasteiger charge is -2.26. The van der Waals surface area contributed by atoms with Crippen molar-refractivity contribution in [2.45, 2.75) is 70.3 Å². The van der Waals surface area contributed by atoms with Gasteiger partial charge in [0.15, 0.2) is 0 Å². The molecule has 6 nitrogen and oxygen atoms in total. The summed E-state index contributed by atoms with van der Waals surface area (Å²) < 4.78 is 10.9. The largest absolute Gasteiger partial charge is 0.488 e. The van der Waals surface area contributed by atoms with Crippen LogP contribution in [0.15, 0.2) is 54.1 Å². The standard InChI is InChI=1S/C31H42N2O4/c1-36-30(34)18-7-3-6-14-26(23-37-29-17-10-15-25-13-8-9-16-28(25)29)31(35)32-27-19-20-33(22-27)21-24-11-4-2-5-12-24/h8-10,13-17,24,27H,2-7,11-12,18-23H2,1H3,(H,32,35)/b26-14+. The maximum absolute atomic E-state index is 13.3. The molecule has 0 aromatic heterocycles. The van der Waals surface area contributed by atoms with E-state index in [9.17, 15) is 9.59 Å². The van der Waals surface area contributed by atoms with E-state index >= 15 is 0 Å². The summed E-state index contributed by atoms with van der Waals surface area (Å²) in [5, 5.41) is 5.44. The molecule has 1 unspecified atom stereocenters. The summed E-state index contributed by atoms with van der Waals surface area (Å²) in [6.45, 7) is 3.37. The number of nitrogens with zero attached hydrogens (tertiary/aromatic N) is 1. The van der Waals surface area contributed by atoms with Crippen LogP contribution in [-0.4, -0.2) is 56.2 Å². The fourth-order valence-corrected chi connectivity index (χ4v) is 5.62. The minimum atomic E-state index is -0.194. The number of benzene rings is 2. The smallest absolute Gasteiger partial charge is 0.305 e. The number of nitrogens with one attached hydrogen (secondary N) is 1. The van der Waals surface area contributed by atoms with E-state index < -0.39 is 0 Å². The van der Waals surface area contributed by atoms with Gasteiger partial charge in [-0.15, -0.1) is 0 Å². The van der Waals surface area contributed by atoms with Crippen LogP contribution >= 0.6 is 0 Å². The van der Waals surface area contributed by atoms with Gasteiger partial charge in [-0.3, -0.25) is 9.59 Å². The third kappa shape index (κ3) is 8.32. The number of carbonyl (C=O) groups is 2. The van der Waals surface area contributed by atoms with Crippen molar-refractivity contribution in [3.8, 4) is 5.75 Å². The lowest BCUT2D eigenvalue weighted by atomic mass is 9.89. The lowest BCUT2D eigenvalue weighted by Crippen LogP contribution is -2.39. The number of allylic oxidation sites excluding steroid dienone is 1. The minimum absolute atomic E-state index is 0.0438. The molecule has 1 heterocycles. The predicted molar refractivity (Wildman–Crippen MR) is 148 cm³/mol. The summed E-state index contributed by atoms with van der Waals surface area (Å²) >= 11 is 0. The molecular weight excluding hydrogens is 464 g/mol. The topological polar surface area (TPSA) is 67.9 Å². The molecule has 0 radical (unpaired) electrons. The Bertz CT molecular complexity index is 1050. The number of ether oxygens (including phenoxy) is 2. The van der Waals surface area contributed by atoms with Gasteiger partial charge in [0.25, 0.3) is 5.91 Å². The Morgan fingerprint density at radius 2 is 1.84 bits per heavy atom. The van der Waals surface area contributed by atoms with Crippen LogP contribution in [0, 0.1) is 5.92 Å². The summed E-state index contributed by atoms with van der Waals surface area (Å²) in [5.74, 6) is 1.36. The van der Waals surface area contributed by atoms with Gasteiger partial charge < -0.3 is 19.7 Å². The van der Waals surface area contributed by atoms with Gasteiger partial charge in [0.2, 0.25) is 0 Å². The molecule has 2 aromatic carbocycles. The van der Waals surface area contributed by atoms with Crippen LogP contribution in [0.25, 0.3) is 10.8 Å². The van der Waals surface area contributed by atoms with Crippen molar-refractivity contribution in [1.82, 2.24) is 10.2 Å². The number of hydrogen-bond acceptors (Lipinski definition) is 5. The monoisotopic (exact) mass is 506 g/mol. The summed E-state index contributed by atoms with van der Waals surface area (Å²) in [5.41, 5.74) is 0.650. The van der Waals surface area contributed by atoms with Crippen molar-refractivity contribution < 1.29 is 19.1 Å². The number of likely N-dealkylation sites (tertiary alicyclic amines) is 1. The average molecular weight is 507 g/mol. The Kier molecular flexibility index (Phi) is 10.4. The summed E-state index contributed by atoms with van der Waals surface area (Å²) in [6.07, 6.45) is 12.5. The zero-order valence-corrected chi connectivity index (χ0v) is 22.3. The van der Waals surface area contributed by atoms with Crippen LogP contribution in [0.2, 0.25) is 0 Å². The number of esters is 1. The van der Waals surface area contributed by atoms with Crippen LogP contribution < -0.4 is 10.1 Å². The van der Waals surface area contributed by atoms with E-state index in [0.29, 0.717) is 12.0 Å². The van der Waals surface area contributed by atoms with E-state index in [1.807, 2.05) is 36.4 Å². The molecule has 1 aliphatic carbocycles. The lowest BCUT2D eigenvalue weighted by molar-refractivity contribution is -0.140. The van der Waals surface area contributed by atoms with Gasteiger partial charge in [0, 0.05) is 37.5 Å². The van der Waals surface area contributed by atoms with E-state index in [-0.39, 0.29) is 24.5 Å². The van der Waals surface area contributed by atoms with Gasteiger partial charge in [0.1, 0.15) is 12.4 Å². The molecule has 1 N–H and O–H groups in total. The zero-order chi connectivity index (χ0) is 25.9. The highest BCUT2D eigenvalue weighted by atomic mass is 16.5. The molecule has 1 aliphatic heterocycles. The molecular formula is C31H42N2O4. The van der Waals surface area contributed by atoms with Crippen molar-refractivity contribution in [2.24, 2.45) is 5.92 Å². The van der Waals surface area contributed by atoms with E-state index in [4.69, 9.17) is 9.47 Å². The molecule has 37 heavy (non-hydrogen) atoms. The molecule has 6 heteroatoms. The summed E-state index contributed by atoms with van der Waals surface area (Å²) in [6, 6.07) is 14.3. The highest BCUT2D eigenvalue weighted by Crippen LogP contribution is 2.27. The zero-order valence-electron chi connectivity index (χ0n) is 22.3. The fraction of sp³-hybridized carbons (Fsp3) is 0.548. The first-order chi connectivity index (χ1) is 18.1. The van der Waals surface area contributed by atoms with E-state index in [1.165, 1.54) is 45.8 Å². The maximum Gasteiger partial charge on any atom is 0.305 e. The Morgan fingerprint density at radius 3 is 2.68 bits per heavy atom. The van der Waals surface area contributed by atoms with Crippen molar-refractivity contribution in [3.63, 3.8) is 0 Å². The average Bonchev–Trinajstić information content (AvgIpc) is 3.36. The summed E-state index contributed by atoms with van der Waals surface area (Å²) in [4.78, 5) is 27.3. The van der Waals surface area contributed by atoms with Gasteiger partial charge in [-0.05, 0) is 55.9 Å². The van der Waals surface area contributed by atoms with Gasteiger partial charge in [-0.25, -0.2) is 0 Å². The highest BCUT2D eigenvalue weighted by Gasteiger charge is 2.27. The van der Waals surface area contributed by atoms with Crippen LogP contribution in [0.1, 0.15) is 64.2 Å². The van der Waals surface area contributed by atoms with Crippen molar-refractivity contribution in [1.29, 1.82) is 0 Å². The molecule has 2 fully saturated rings. The molecule has 1 atom stereocenters. The van der Waals surface area contributed by atoms with Gasteiger partial charge in [-0.2, -0.15) is 0 Å². The van der Waals surface area contributed by atoms with E-state index in [0.717, 1.165) is 61.2 Å². The Balaban J connectivity index is 1.34. The SMILES string of the molecule is COC(=O)CCCC/C=C(\COc1cccc2ccccc12)C(=O)NC1CCN(CC2CCCCC2)C1. The molecule has 1 saturated carbocycles. The van der Waals surface area contributed by atoms with Crippen molar-refractivity contribution >= 4 is 22.6 Å². The fourth-order valence-electron chi connectivity index (χ4n) is 5.62. The van der Waals surface area contributed by atoms with Crippen molar-refractivity contribution in [3.05, 3.63) is 54.1 Å². The molecule has 0 bridgehead atoms. The highest BCUT2D eigenvalue weighted by molar-refractivity contribution is 5.94. The van der Waals surface area contributed by atoms with Crippen molar-refractivity contribution in [2.75, 3.05) is 33.4 Å². The first kappa shape index (κ1) is 27.2. The van der Waals surface area contributed by atoms with Gasteiger partial charge in [0.05, 0.1) is 12.7 Å². The molecule has 2 aromatic rings. The first-order valence-corrected chi connectivity index (χ1v) is 14.0. The third-order valence-corrected chi connectivity index (χ3v) is 7.73. The van der Waals surface area contributed by atoms with Crippen LogP contribution in [0.5, 0.6) is 5.75 Å². The van der Waals surface area contributed by atoms with Crippen LogP contribution in [0.4, 0.5) is 0 Å². The Morgan fingerprint density at radius 1 is 1.03 bits per heavy atom. The molecule has 4 rings (SSSR count). The first-order valence-electron chi connectivity index (χ1n) is 14.0.